The number of nitrogens with zero attached hydrogens (tertiary/aromatic N) is 2. The number of amides is 1. The van der Waals surface area contributed by atoms with Crippen molar-refractivity contribution >= 4 is 5.91 Å². The van der Waals surface area contributed by atoms with Gasteiger partial charge in [0.25, 0.3) is 0 Å². The van der Waals surface area contributed by atoms with Gasteiger partial charge >= 0.3 is 0 Å². The molecule has 2 saturated heterocycles. The third kappa shape index (κ3) is 4.95. The van der Waals surface area contributed by atoms with Gasteiger partial charge in [0.15, 0.2) is 0 Å². The van der Waals surface area contributed by atoms with Crippen LogP contribution in [-0.2, 0) is 9.53 Å². The van der Waals surface area contributed by atoms with Crippen LogP contribution in [0.15, 0.2) is 0 Å². The number of morpholine rings is 1. The van der Waals surface area contributed by atoms with E-state index in [4.69, 9.17) is 10.5 Å². The summed E-state index contributed by atoms with van der Waals surface area (Å²) in [6.07, 6.45) is 9.40. The van der Waals surface area contributed by atoms with Crippen LogP contribution in [0.4, 0.5) is 0 Å². The molecule has 2 unspecified atom stereocenters. The van der Waals surface area contributed by atoms with Crippen LogP contribution in [0.2, 0.25) is 0 Å². The largest absolute Gasteiger partial charge is 0.373 e. The van der Waals surface area contributed by atoms with E-state index in [1.807, 2.05) is 0 Å². The summed E-state index contributed by atoms with van der Waals surface area (Å²) in [6, 6.07) is 0. The van der Waals surface area contributed by atoms with Gasteiger partial charge in [0, 0.05) is 26.2 Å². The summed E-state index contributed by atoms with van der Waals surface area (Å²) < 4.78 is 5.82. The highest BCUT2D eigenvalue weighted by molar-refractivity contribution is 5.86. The minimum absolute atomic E-state index is 0.224. The fourth-order valence-electron chi connectivity index (χ4n) is 4.97. The molecule has 3 rings (SSSR count). The Hall–Kier alpha value is -0.650. The number of hydrogen-bond acceptors (Lipinski definition) is 4. The molecule has 0 aromatic carbocycles. The van der Waals surface area contributed by atoms with Crippen molar-refractivity contribution in [2.45, 2.75) is 83.0 Å². The van der Waals surface area contributed by atoms with Crippen molar-refractivity contribution in [2.75, 3.05) is 32.7 Å². The van der Waals surface area contributed by atoms with Gasteiger partial charge in [-0.05, 0) is 58.4 Å². The number of carbonyl (C=O) groups excluding carboxylic acids is 1. The summed E-state index contributed by atoms with van der Waals surface area (Å²) in [7, 11) is 0. The quantitative estimate of drug-likeness (QED) is 0.845. The number of ether oxygens (including phenoxy) is 1. The molecule has 1 aliphatic carbocycles. The van der Waals surface area contributed by atoms with E-state index < -0.39 is 5.54 Å². The molecule has 0 bridgehead atoms. The smallest absolute Gasteiger partial charge is 0.242 e. The van der Waals surface area contributed by atoms with E-state index in [1.54, 1.807) is 0 Å². The molecule has 3 fully saturated rings. The van der Waals surface area contributed by atoms with Crippen molar-refractivity contribution in [3.05, 3.63) is 0 Å². The van der Waals surface area contributed by atoms with Crippen molar-refractivity contribution in [1.29, 1.82) is 0 Å². The van der Waals surface area contributed by atoms with Crippen LogP contribution < -0.4 is 5.73 Å². The molecular weight excluding hydrogens is 314 g/mol. The van der Waals surface area contributed by atoms with E-state index in [1.165, 1.54) is 12.8 Å². The monoisotopic (exact) mass is 351 g/mol. The zero-order valence-electron chi connectivity index (χ0n) is 16.2. The summed E-state index contributed by atoms with van der Waals surface area (Å²) in [5.74, 6) is 0.971. The summed E-state index contributed by atoms with van der Waals surface area (Å²) in [5, 5.41) is 0. The molecule has 0 aromatic rings. The lowest BCUT2D eigenvalue weighted by Crippen LogP contribution is -2.57. The van der Waals surface area contributed by atoms with E-state index in [9.17, 15) is 4.79 Å². The predicted octanol–water partition coefficient (Wildman–Crippen LogP) is 2.39. The first-order valence-corrected chi connectivity index (χ1v) is 10.4. The number of rotatable bonds is 4. The maximum atomic E-state index is 12.8. The molecule has 5 heteroatoms. The van der Waals surface area contributed by atoms with Crippen LogP contribution >= 0.6 is 0 Å². The van der Waals surface area contributed by atoms with Crippen LogP contribution in [0.1, 0.15) is 65.2 Å². The molecular formula is C20H37N3O2. The van der Waals surface area contributed by atoms with Gasteiger partial charge in [-0.3, -0.25) is 9.69 Å². The lowest BCUT2D eigenvalue weighted by Gasteiger charge is -2.40. The average Bonchev–Trinajstić information content (AvgIpc) is 2.60. The van der Waals surface area contributed by atoms with Gasteiger partial charge in [-0.2, -0.15) is 0 Å². The number of nitrogens with two attached hydrogens (primary N) is 1. The molecule has 0 aromatic heterocycles. The molecule has 144 valence electrons. The second-order valence-electron chi connectivity index (χ2n) is 8.76. The van der Waals surface area contributed by atoms with Gasteiger partial charge in [-0.15, -0.1) is 0 Å². The normalized spacial score (nSPS) is 31.9. The van der Waals surface area contributed by atoms with Crippen molar-refractivity contribution in [2.24, 2.45) is 11.7 Å². The maximum Gasteiger partial charge on any atom is 0.242 e. The highest BCUT2D eigenvalue weighted by Crippen LogP contribution is 2.30. The lowest BCUT2D eigenvalue weighted by atomic mass is 9.80. The van der Waals surface area contributed by atoms with E-state index >= 15 is 0 Å². The first-order valence-electron chi connectivity index (χ1n) is 10.4. The standard InChI is InChI=1S/C20H37N3O2/c1-16-14-22(15-17(2)25-16)11-6-18-7-12-23(13-8-18)19(24)20(21)9-4-3-5-10-20/h16-18H,3-15,21H2,1-2H3. The molecule has 3 aliphatic rings. The molecule has 2 N–H and O–H groups in total. The fraction of sp³-hybridized carbons (Fsp3) is 0.950. The Morgan fingerprint density at radius 1 is 1.08 bits per heavy atom. The minimum atomic E-state index is -0.564. The zero-order chi connectivity index (χ0) is 17.9. The molecule has 5 nitrogen and oxygen atoms in total. The van der Waals surface area contributed by atoms with Crippen molar-refractivity contribution < 1.29 is 9.53 Å². The van der Waals surface area contributed by atoms with Crippen molar-refractivity contribution in [1.82, 2.24) is 9.80 Å². The Labute approximate surface area is 153 Å². The molecule has 0 spiro atoms. The number of likely N-dealkylation sites (tertiary alicyclic amines) is 1. The molecule has 25 heavy (non-hydrogen) atoms. The van der Waals surface area contributed by atoms with Gasteiger partial charge in [0.1, 0.15) is 0 Å². The molecule has 2 heterocycles. The Morgan fingerprint density at radius 2 is 1.68 bits per heavy atom. The van der Waals surface area contributed by atoms with Gasteiger partial charge in [-0.25, -0.2) is 0 Å². The van der Waals surface area contributed by atoms with Gasteiger partial charge in [0.2, 0.25) is 5.91 Å². The van der Waals surface area contributed by atoms with Gasteiger partial charge < -0.3 is 15.4 Å². The predicted molar refractivity (Wildman–Crippen MR) is 100 cm³/mol. The lowest BCUT2D eigenvalue weighted by molar-refractivity contribution is -0.139. The Morgan fingerprint density at radius 3 is 2.28 bits per heavy atom. The third-order valence-electron chi connectivity index (χ3n) is 6.42. The summed E-state index contributed by atoms with van der Waals surface area (Å²) in [5.41, 5.74) is 5.88. The number of hydrogen-bond donors (Lipinski definition) is 1. The molecule has 1 amide bonds. The molecule has 0 radical (unpaired) electrons. The average molecular weight is 352 g/mol. The Kier molecular flexibility index (Phi) is 6.39. The van der Waals surface area contributed by atoms with E-state index in [0.717, 1.165) is 77.2 Å². The summed E-state index contributed by atoms with van der Waals surface area (Å²) in [6.45, 7) is 9.41. The number of piperidine rings is 1. The van der Waals surface area contributed by atoms with Crippen LogP contribution in [-0.4, -0.2) is 66.2 Å². The third-order valence-corrected chi connectivity index (χ3v) is 6.42. The second-order valence-corrected chi connectivity index (χ2v) is 8.76. The van der Waals surface area contributed by atoms with Crippen LogP contribution in [0.5, 0.6) is 0 Å². The van der Waals surface area contributed by atoms with Crippen molar-refractivity contribution in [3.63, 3.8) is 0 Å². The minimum Gasteiger partial charge on any atom is -0.373 e. The fourth-order valence-corrected chi connectivity index (χ4v) is 4.97. The molecule has 1 saturated carbocycles. The Bertz CT molecular complexity index is 432. The SMILES string of the molecule is CC1CN(CCC2CCN(C(=O)C3(N)CCCCC3)CC2)CC(C)O1. The molecule has 2 aliphatic heterocycles. The van der Waals surface area contributed by atoms with Crippen LogP contribution in [0.25, 0.3) is 0 Å². The Balaban J connectivity index is 1.40. The van der Waals surface area contributed by atoms with Gasteiger partial charge in [0.05, 0.1) is 17.7 Å². The topological polar surface area (TPSA) is 58.8 Å². The van der Waals surface area contributed by atoms with Gasteiger partial charge in [-0.1, -0.05) is 19.3 Å². The summed E-state index contributed by atoms with van der Waals surface area (Å²) >= 11 is 0. The van der Waals surface area contributed by atoms with E-state index in [2.05, 4.69) is 23.6 Å². The number of carbonyl (C=O) groups is 1. The van der Waals surface area contributed by atoms with Crippen molar-refractivity contribution in [3.8, 4) is 0 Å². The van der Waals surface area contributed by atoms with Crippen LogP contribution in [0.3, 0.4) is 0 Å². The summed E-state index contributed by atoms with van der Waals surface area (Å²) in [4.78, 5) is 17.4. The second kappa shape index (κ2) is 8.36. The molecule has 2 atom stereocenters. The highest BCUT2D eigenvalue weighted by atomic mass is 16.5. The zero-order valence-corrected chi connectivity index (χ0v) is 16.2. The van der Waals surface area contributed by atoms with E-state index in [0.29, 0.717) is 12.2 Å². The highest BCUT2D eigenvalue weighted by Gasteiger charge is 2.39. The van der Waals surface area contributed by atoms with Crippen LogP contribution in [0, 0.1) is 5.92 Å². The van der Waals surface area contributed by atoms with E-state index in [-0.39, 0.29) is 5.91 Å². The first kappa shape index (κ1) is 19.1. The maximum absolute atomic E-state index is 12.8. The first-order chi connectivity index (χ1) is 12.0.